The lowest BCUT2D eigenvalue weighted by Crippen LogP contribution is -2.01. The normalized spacial score (nSPS) is 11.1. The first-order valence-electron chi connectivity index (χ1n) is 8.31. The van der Waals surface area contributed by atoms with E-state index in [-0.39, 0.29) is 0 Å². The minimum atomic E-state index is 0.495. The van der Waals surface area contributed by atoms with Crippen molar-refractivity contribution in [2.45, 2.75) is 24.8 Å². The summed E-state index contributed by atoms with van der Waals surface area (Å²) < 4.78 is 8.78. The second-order valence-corrected chi connectivity index (χ2v) is 7.72. The van der Waals surface area contributed by atoms with Gasteiger partial charge in [0.1, 0.15) is 5.82 Å². The number of halogens is 1. The highest BCUT2D eigenvalue weighted by atomic mass is 79.9. The standard InChI is InChI=1S/C19H16BrN5OS/c1-12-7-3-6-10-16(12)25-13(2)21-24-19(25)27-11-17-22-23-18(26-17)14-8-4-5-9-15(14)20/h3-10H,11H2,1-2H3. The Balaban J connectivity index is 1.56. The second kappa shape index (κ2) is 7.66. The van der Waals surface area contributed by atoms with E-state index in [0.717, 1.165) is 32.3 Å². The monoisotopic (exact) mass is 441 g/mol. The summed E-state index contributed by atoms with van der Waals surface area (Å²) in [4.78, 5) is 0. The van der Waals surface area contributed by atoms with E-state index in [9.17, 15) is 0 Å². The van der Waals surface area contributed by atoms with Crippen LogP contribution in [0.1, 0.15) is 17.3 Å². The van der Waals surface area contributed by atoms with Gasteiger partial charge in [-0.15, -0.1) is 20.4 Å². The molecule has 0 radical (unpaired) electrons. The van der Waals surface area contributed by atoms with Crippen molar-refractivity contribution in [3.05, 3.63) is 70.3 Å². The van der Waals surface area contributed by atoms with E-state index in [1.54, 1.807) is 0 Å². The second-order valence-electron chi connectivity index (χ2n) is 5.92. The van der Waals surface area contributed by atoms with Gasteiger partial charge in [-0.25, -0.2) is 0 Å². The predicted octanol–water partition coefficient (Wildman–Crippen LogP) is 4.99. The number of rotatable bonds is 5. The van der Waals surface area contributed by atoms with E-state index in [1.165, 1.54) is 11.8 Å². The molecule has 2 aromatic carbocycles. The average molecular weight is 442 g/mol. The Morgan fingerprint density at radius 2 is 1.74 bits per heavy atom. The van der Waals surface area contributed by atoms with Crippen molar-refractivity contribution in [2.24, 2.45) is 0 Å². The van der Waals surface area contributed by atoms with Crippen molar-refractivity contribution in [2.75, 3.05) is 0 Å². The first kappa shape index (κ1) is 17.9. The van der Waals surface area contributed by atoms with Gasteiger partial charge in [0.2, 0.25) is 11.8 Å². The summed E-state index contributed by atoms with van der Waals surface area (Å²) in [5.74, 6) is 2.39. The highest BCUT2D eigenvalue weighted by molar-refractivity contribution is 9.10. The first-order chi connectivity index (χ1) is 13.1. The van der Waals surface area contributed by atoms with Crippen LogP contribution < -0.4 is 0 Å². The highest BCUT2D eigenvalue weighted by Gasteiger charge is 2.16. The summed E-state index contributed by atoms with van der Waals surface area (Å²) in [5, 5.41) is 17.6. The minimum Gasteiger partial charge on any atom is -0.420 e. The lowest BCUT2D eigenvalue weighted by molar-refractivity contribution is 0.528. The van der Waals surface area contributed by atoms with Gasteiger partial charge in [-0.05, 0) is 53.5 Å². The van der Waals surface area contributed by atoms with Crippen molar-refractivity contribution in [3.8, 4) is 17.1 Å². The van der Waals surface area contributed by atoms with Gasteiger partial charge < -0.3 is 4.42 Å². The van der Waals surface area contributed by atoms with Gasteiger partial charge in [-0.2, -0.15) is 0 Å². The molecule has 0 unspecified atom stereocenters. The number of aryl methyl sites for hydroxylation is 2. The third kappa shape index (κ3) is 3.68. The van der Waals surface area contributed by atoms with E-state index in [1.807, 2.05) is 47.9 Å². The van der Waals surface area contributed by atoms with Crippen LogP contribution in [0.15, 0.2) is 62.6 Å². The third-order valence-corrected chi connectivity index (χ3v) is 5.65. The number of aromatic nitrogens is 5. The van der Waals surface area contributed by atoms with Gasteiger partial charge in [-0.3, -0.25) is 4.57 Å². The first-order valence-corrected chi connectivity index (χ1v) is 10.1. The summed E-state index contributed by atoms with van der Waals surface area (Å²) in [7, 11) is 0. The van der Waals surface area contributed by atoms with Crippen LogP contribution in [-0.2, 0) is 5.75 Å². The van der Waals surface area contributed by atoms with Crippen LogP contribution in [0.5, 0.6) is 0 Å². The number of para-hydroxylation sites is 1. The molecule has 2 aromatic heterocycles. The fourth-order valence-corrected chi connectivity index (χ4v) is 3.99. The Morgan fingerprint density at radius 1 is 0.963 bits per heavy atom. The van der Waals surface area contributed by atoms with Crippen LogP contribution in [0.3, 0.4) is 0 Å². The number of hydrogen-bond acceptors (Lipinski definition) is 6. The Bertz CT molecular complexity index is 1090. The maximum atomic E-state index is 5.82. The Morgan fingerprint density at radius 3 is 2.56 bits per heavy atom. The number of thioether (sulfide) groups is 1. The van der Waals surface area contributed by atoms with Gasteiger partial charge in [0.15, 0.2) is 5.16 Å². The molecule has 0 bridgehead atoms. The zero-order valence-electron chi connectivity index (χ0n) is 14.8. The highest BCUT2D eigenvalue weighted by Crippen LogP contribution is 2.29. The van der Waals surface area contributed by atoms with Crippen molar-refractivity contribution in [3.63, 3.8) is 0 Å². The van der Waals surface area contributed by atoms with E-state index in [0.29, 0.717) is 17.5 Å². The van der Waals surface area contributed by atoms with Crippen molar-refractivity contribution >= 4 is 27.7 Å². The summed E-state index contributed by atoms with van der Waals surface area (Å²) in [5.41, 5.74) is 3.11. The molecule has 0 saturated carbocycles. The smallest absolute Gasteiger partial charge is 0.248 e. The maximum absolute atomic E-state index is 5.82. The SMILES string of the molecule is Cc1ccccc1-n1c(C)nnc1SCc1nnc(-c2ccccc2Br)o1. The summed E-state index contributed by atoms with van der Waals surface area (Å²) in [6.07, 6.45) is 0. The molecule has 4 aromatic rings. The van der Waals surface area contributed by atoms with Crippen LogP contribution in [0.4, 0.5) is 0 Å². The molecule has 0 aliphatic heterocycles. The van der Waals surface area contributed by atoms with Gasteiger partial charge in [0, 0.05) is 4.47 Å². The van der Waals surface area contributed by atoms with Gasteiger partial charge in [-0.1, -0.05) is 42.1 Å². The molecule has 27 heavy (non-hydrogen) atoms. The average Bonchev–Trinajstić information content (AvgIpc) is 3.28. The molecule has 0 aliphatic carbocycles. The molecule has 136 valence electrons. The zero-order valence-corrected chi connectivity index (χ0v) is 17.2. The molecule has 0 atom stereocenters. The van der Waals surface area contributed by atoms with Crippen LogP contribution in [0, 0.1) is 13.8 Å². The van der Waals surface area contributed by atoms with E-state index >= 15 is 0 Å². The molecule has 0 spiro atoms. The van der Waals surface area contributed by atoms with E-state index in [2.05, 4.69) is 55.4 Å². The van der Waals surface area contributed by atoms with E-state index in [4.69, 9.17) is 4.42 Å². The Hall–Kier alpha value is -2.45. The number of benzene rings is 2. The van der Waals surface area contributed by atoms with E-state index < -0.39 is 0 Å². The Labute approximate surface area is 169 Å². The molecule has 0 aliphatic rings. The van der Waals surface area contributed by atoms with Crippen molar-refractivity contribution in [1.29, 1.82) is 0 Å². The zero-order chi connectivity index (χ0) is 18.8. The van der Waals surface area contributed by atoms with Crippen LogP contribution >= 0.6 is 27.7 Å². The lowest BCUT2D eigenvalue weighted by atomic mass is 10.2. The largest absolute Gasteiger partial charge is 0.420 e. The third-order valence-electron chi connectivity index (χ3n) is 4.05. The molecule has 8 heteroatoms. The van der Waals surface area contributed by atoms with Gasteiger partial charge >= 0.3 is 0 Å². The summed E-state index contributed by atoms with van der Waals surface area (Å²) in [6.45, 7) is 4.02. The van der Waals surface area contributed by atoms with Gasteiger partial charge in [0.05, 0.1) is 17.0 Å². The Kier molecular flexibility index (Phi) is 5.09. The van der Waals surface area contributed by atoms with Crippen molar-refractivity contribution < 1.29 is 4.42 Å². The minimum absolute atomic E-state index is 0.495. The topological polar surface area (TPSA) is 69.6 Å². The molecule has 0 N–H and O–H groups in total. The summed E-state index contributed by atoms with van der Waals surface area (Å²) >= 11 is 5.03. The molecular weight excluding hydrogens is 426 g/mol. The molecule has 4 rings (SSSR count). The molecule has 0 amide bonds. The molecular formula is C19H16BrN5OS. The summed E-state index contributed by atoms with van der Waals surface area (Å²) in [6, 6.07) is 15.9. The van der Waals surface area contributed by atoms with Crippen LogP contribution in [-0.4, -0.2) is 25.0 Å². The fourth-order valence-electron chi connectivity index (χ4n) is 2.71. The number of hydrogen-bond donors (Lipinski definition) is 0. The predicted molar refractivity (Wildman–Crippen MR) is 108 cm³/mol. The van der Waals surface area contributed by atoms with Gasteiger partial charge in [0.25, 0.3) is 0 Å². The maximum Gasteiger partial charge on any atom is 0.248 e. The van der Waals surface area contributed by atoms with Crippen LogP contribution in [0.2, 0.25) is 0 Å². The van der Waals surface area contributed by atoms with Crippen molar-refractivity contribution in [1.82, 2.24) is 25.0 Å². The molecule has 0 fully saturated rings. The molecule has 2 heterocycles. The quantitative estimate of drug-likeness (QED) is 0.406. The van der Waals surface area contributed by atoms with Crippen LogP contribution in [0.25, 0.3) is 17.1 Å². The number of nitrogens with zero attached hydrogens (tertiary/aromatic N) is 5. The fraction of sp³-hybridized carbons (Fsp3) is 0.158. The lowest BCUT2D eigenvalue weighted by Gasteiger charge is -2.10. The molecule has 0 saturated heterocycles. The molecule has 6 nitrogen and oxygen atoms in total.